The first kappa shape index (κ1) is 17.5. The SMILES string of the molecule is O=c1c(Cl)c[nH]n1-c1ccccc1COc1ccn(-c2ccc(Cl)cc2)n1. The van der Waals surface area contributed by atoms with Gasteiger partial charge in [0.2, 0.25) is 5.88 Å². The summed E-state index contributed by atoms with van der Waals surface area (Å²) in [6, 6.07) is 16.5. The third-order valence-corrected chi connectivity index (χ3v) is 4.51. The van der Waals surface area contributed by atoms with Gasteiger partial charge in [0.15, 0.2) is 0 Å². The van der Waals surface area contributed by atoms with Gasteiger partial charge in [0.1, 0.15) is 11.6 Å². The highest BCUT2D eigenvalue weighted by molar-refractivity contribution is 6.30. The van der Waals surface area contributed by atoms with Crippen LogP contribution >= 0.6 is 23.2 Å². The Morgan fingerprint density at radius 3 is 2.56 bits per heavy atom. The van der Waals surface area contributed by atoms with Crippen molar-refractivity contribution in [2.45, 2.75) is 6.61 Å². The molecule has 0 unspecified atom stereocenters. The van der Waals surface area contributed by atoms with Crippen LogP contribution < -0.4 is 10.3 Å². The maximum Gasteiger partial charge on any atom is 0.289 e. The largest absolute Gasteiger partial charge is 0.472 e. The zero-order valence-electron chi connectivity index (χ0n) is 14.0. The molecule has 0 aliphatic rings. The van der Waals surface area contributed by atoms with Crippen molar-refractivity contribution in [1.29, 1.82) is 0 Å². The van der Waals surface area contributed by atoms with Crippen molar-refractivity contribution < 1.29 is 4.74 Å². The highest BCUT2D eigenvalue weighted by Gasteiger charge is 2.11. The minimum Gasteiger partial charge on any atom is -0.472 e. The lowest BCUT2D eigenvalue weighted by Gasteiger charge is -2.10. The molecular formula is C19H14Cl2N4O2. The molecule has 2 aromatic heterocycles. The number of nitrogens with zero attached hydrogens (tertiary/aromatic N) is 3. The molecule has 0 bridgehead atoms. The Hall–Kier alpha value is -2.96. The number of aromatic nitrogens is 4. The molecular weight excluding hydrogens is 387 g/mol. The van der Waals surface area contributed by atoms with E-state index in [4.69, 9.17) is 27.9 Å². The summed E-state index contributed by atoms with van der Waals surface area (Å²) in [6.45, 7) is 0.247. The van der Waals surface area contributed by atoms with Gasteiger partial charge in [-0.15, -0.1) is 5.10 Å². The molecule has 0 fully saturated rings. The van der Waals surface area contributed by atoms with E-state index in [1.807, 2.05) is 36.4 Å². The number of hydrogen-bond donors (Lipinski definition) is 1. The van der Waals surface area contributed by atoms with Gasteiger partial charge in [0, 0.05) is 29.0 Å². The van der Waals surface area contributed by atoms with Crippen LogP contribution in [-0.4, -0.2) is 19.6 Å². The zero-order chi connectivity index (χ0) is 18.8. The number of hydrogen-bond acceptors (Lipinski definition) is 3. The van der Waals surface area contributed by atoms with Gasteiger partial charge in [-0.1, -0.05) is 41.4 Å². The van der Waals surface area contributed by atoms with Gasteiger partial charge in [-0.3, -0.25) is 9.89 Å². The molecule has 2 heterocycles. The summed E-state index contributed by atoms with van der Waals surface area (Å²) >= 11 is 11.8. The van der Waals surface area contributed by atoms with Crippen molar-refractivity contribution in [3.8, 4) is 17.3 Å². The molecule has 4 aromatic rings. The summed E-state index contributed by atoms with van der Waals surface area (Å²) in [5.41, 5.74) is 2.06. The molecule has 0 saturated heterocycles. The number of para-hydroxylation sites is 1. The molecule has 27 heavy (non-hydrogen) atoms. The van der Waals surface area contributed by atoms with Crippen LogP contribution in [0.2, 0.25) is 10.0 Å². The van der Waals surface area contributed by atoms with E-state index in [0.717, 1.165) is 11.3 Å². The van der Waals surface area contributed by atoms with Crippen LogP contribution in [0.25, 0.3) is 11.4 Å². The predicted octanol–water partition coefficient (Wildman–Crippen LogP) is 4.24. The zero-order valence-corrected chi connectivity index (χ0v) is 15.5. The first-order valence-corrected chi connectivity index (χ1v) is 8.86. The smallest absolute Gasteiger partial charge is 0.289 e. The molecule has 0 amide bonds. The van der Waals surface area contributed by atoms with E-state index in [9.17, 15) is 4.79 Å². The van der Waals surface area contributed by atoms with E-state index in [2.05, 4.69) is 10.2 Å². The minimum absolute atomic E-state index is 0.132. The summed E-state index contributed by atoms with van der Waals surface area (Å²) in [7, 11) is 0. The number of nitrogens with one attached hydrogen (secondary N) is 1. The second-order valence-electron chi connectivity index (χ2n) is 5.75. The molecule has 0 atom stereocenters. The predicted molar refractivity (Wildman–Crippen MR) is 104 cm³/mol. The topological polar surface area (TPSA) is 64.8 Å². The maximum atomic E-state index is 12.1. The standard InChI is InChI=1S/C19H14Cl2N4O2/c20-14-5-7-15(8-6-14)24-10-9-18(23-24)27-12-13-3-1-2-4-17(13)25-19(26)16(21)11-22-25/h1-11,22H,12H2. The minimum atomic E-state index is -0.309. The van der Waals surface area contributed by atoms with Gasteiger partial charge in [-0.25, -0.2) is 9.36 Å². The number of halogens is 2. The third-order valence-electron chi connectivity index (χ3n) is 3.99. The molecule has 0 spiro atoms. The van der Waals surface area contributed by atoms with Crippen LogP contribution in [0, 0.1) is 0 Å². The monoisotopic (exact) mass is 400 g/mol. The van der Waals surface area contributed by atoms with Crippen molar-refractivity contribution in [3.05, 3.63) is 93.0 Å². The van der Waals surface area contributed by atoms with Crippen molar-refractivity contribution in [3.63, 3.8) is 0 Å². The Kier molecular flexibility index (Phi) is 4.75. The van der Waals surface area contributed by atoms with Gasteiger partial charge in [0.25, 0.3) is 5.56 Å². The number of benzene rings is 2. The summed E-state index contributed by atoms with van der Waals surface area (Å²) in [5.74, 6) is 0.469. The first-order valence-electron chi connectivity index (χ1n) is 8.10. The lowest BCUT2D eigenvalue weighted by atomic mass is 10.2. The summed E-state index contributed by atoms with van der Waals surface area (Å²) in [6.07, 6.45) is 3.26. The second-order valence-corrected chi connectivity index (χ2v) is 6.60. The Balaban J connectivity index is 1.54. The van der Waals surface area contributed by atoms with E-state index in [1.165, 1.54) is 10.9 Å². The van der Waals surface area contributed by atoms with E-state index >= 15 is 0 Å². The lowest BCUT2D eigenvalue weighted by molar-refractivity contribution is 0.291. The number of rotatable bonds is 5. The van der Waals surface area contributed by atoms with Gasteiger partial charge in [-0.05, 0) is 30.3 Å². The quantitative estimate of drug-likeness (QED) is 0.544. The van der Waals surface area contributed by atoms with Gasteiger partial charge in [0.05, 0.1) is 11.4 Å². The van der Waals surface area contributed by atoms with Crippen LogP contribution in [0.5, 0.6) is 5.88 Å². The van der Waals surface area contributed by atoms with Crippen LogP contribution in [0.1, 0.15) is 5.56 Å². The van der Waals surface area contributed by atoms with Gasteiger partial charge >= 0.3 is 0 Å². The van der Waals surface area contributed by atoms with Crippen molar-refractivity contribution in [1.82, 2.24) is 19.6 Å². The number of aromatic amines is 1. The van der Waals surface area contributed by atoms with E-state index in [-0.39, 0.29) is 17.2 Å². The van der Waals surface area contributed by atoms with Crippen molar-refractivity contribution in [2.24, 2.45) is 0 Å². The average molecular weight is 401 g/mol. The molecule has 2 aromatic carbocycles. The van der Waals surface area contributed by atoms with E-state index < -0.39 is 0 Å². The van der Waals surface area contributed by atoms with Gasteiger partial charge in [-0.2, -0.15) is 0 Å². The molecule has 4 rings (SSSR count). The van der Waals surface area contributed by atoms with Crippen LogP contribution in [0.3, 0.4) is 0 Å². The molecule has 1 N–H and O–H groups in total. The van der Waals surface area contributed by atoms with Crippen LogP contribution in [0.4, 0.5) is 0 Å². The maximum absolute atomic E-state index is 12.1. The van der Waals surface area contributed by atoms with Crippen molar-refractivity contribution in [2.75, 3.05) is 0 Å². The fourth-order valence-electron chi connectivity index (χ4n) is 2.65. The fourth-order valence-corrected chi connectivity index (χ4v) is 2.91. The second kappa shape index (κ2) is 7.34. The number of ether oxygens (including phenoxy) is 1. The van der Waals surface area contributed by atoms with Crippen molar-refractivity contribution >= 4 is 23.2 Å². The lowest BCUT2D eigenvalue weighted by Crippen LogP contribution is -2.17. The molecule has 0 aliphatic carbocycles. The Morgan fingerprint density at radius 1 is 1.04 bits per heavy atom. The normalized spacial score (nSPS) is 10.9. The van der Waals surface area contributed by atoms with Gasteiger partial charge < -0.3 is 4.74 Å². The average Bonchev–Trinajstić information content (AvgIpc) is 3.28. The Morgan fingerprint density at radius 2 is 1.81 bits per heavy atom. The third kappa shape index (κ3) is 3.63. The Bertz CT molecular complexity index is 1130. The van der Waals surface area contributed by atoms with E-state index in [0.29, 0.717) is 16.6 Å². The highest BCUT2D eigenvalue weighted by atomic mass is 35.5. The molecule has 0 radical (unpaired) electrons. The summed E-state index contributed by atoms with van der Waals surface area (Å²) in [5, 5.41) is 8.05. The molecule has 6 nitrogen and oxygen atoms in total. The molecule has 136 valence electrons. The number of H-pyrrole nitrogens is 1. The first-order chi connectivity index (χ1) is 13.1. The molecule has 0 saturated carbocycles. The summed E-state index contributed by atoms with van der Waals surface area (Å²) < 4.78 is 8.89. The highest BCUT2D eigenvalue weighted by Crippen LogP contribution is 2.18. The van der Waals surface area contributed by atoms with Crippen LogP contribution in [-0.2, 0) is 6.61 Å². The molecule has 0 aliphatic heterocycles. The van der Waals surface area contributed by atoms with Crippen LogP contribution in [0.15, 0.2) is 71.8 Å². The fraction of sp³-hybridized carbons (Fsp3) is 0.0526. The summed E-state index contributed by atoms with van der Waals surface area (Å²) in [4.78, 5) is 12.1. The Labute approximate surface area is 164 Å². The van der Waals surface area contributed by atoms with E-state index in [1.54, 1.807) is 29.1 Å². The molecule has 8 heteroatoms.